The predicted octanol–water partition coefficient (Wildman–Crippen LogP) is 2.81. The molecule has 0 saturated carbocycles. The number of likely N-dealkylation sites (N-methyl/N-ethyl adjacent to an activating group) is 1. The summed E-state index contributed by atoms with van der Waals surface area (Å²) in [4.78, 5) is 48.3. The first-order valence-corrected chi connectivity index (χ1v) is 11.9. The number of hydroxylamine groups is 2. The summed E-state index contributed by atoms with van der Waals surface area (Å²) in [6.07, 6.45) is 0.572. The molecule has 2 unspecified atom stereocenters. The molecular formula is C24H30N4O4S. The number of carbonyl (C=O) groups excluding carboxylic acids is 1. The fourth-order valence-corrected chi connectivity index (χ4v) is 6.16. The molecular weight excluding hydrogens is 440 g/mol. The molecule has 2 aromatic heterocycles. The zero-order valence-electron chi connectivity index (χ0n) is 19.8. The van der Waals surface area contributed by atoms with Crippen LogP contribution in [-0.4, -0.2) is 44.5 Å². The van der Waals surface area contributed by atoms with E-state index in [1.54, 1.807) is 11.6 Å². The second kappa shape index (κ2) is 8.87. The van der Waals surface area contributed by atoms with E-state index in [4.69, 9.17) is 4.84 Å². The number of fused-ring (bicyclic) bond motifs is 2. The molecule has 0 fully saturated rings. The summed E-state index contributed by atoms with van der Waals surface area (Å²) in [5, 5.41) is 2.62. The van der Waals surface area contributed by atoms with Crippen LogP contribution in [0.25, 0.3) is 10.9 Å². The minimum Gasteiger partial charge on any atom is -0.358 e. The molecule has 0 aliphatic carbocycles. The molecule has 3 heterocycles. The zero-order chi connectivity index (χ0) is 24.0. The van der Waals surface area contributed by atoms with Crippen LogP contribution in [0, 0.1) is 12.8 Å². The first kappa shape index (κ1) is 23.4. The lowest BCUT2D eigenvalue weighted by molar-refractivity contribution is -0.170. The summed E-state index contributed by atoms with van der Waals surface area (Å²) in [5.41, 5.74) is 2.81. The second-order valence-corrected chi connectivity index (χ2v) is 10.2. The van der Waals surface area contributed by atoms with Crippen LogP contribution in [0.3, 0.4) is 0 Å². The van der Waals surface area contributed by atoms with Gasteiger partial charge in [-0.2, -0.15) is 0 Å². The molecule has 2 atom stereocenters. The van der Waals surface area contributed by atoms with E-state index in [2.05, 4.69) is 11.1 Å². The van der Waals surface area contributed by atoms with Crippen LogP contribution in [0.1, 0.15) is 36.6 Å². The molecule has 176 valence electrons. The number of amides is 1. The number of aromatic amines is 1. The number of rotatable bonds is 6. The molecule has 0 radical (unpaired) electrons. The summed E-state index contributed by atoms with van der Waals surface area (Å²) in [7, 11) is 4.45. The number of hydrogen-bond donors (Lipinski definition) is 1. The van der Waals surface area contributed by atoms with E-state index in [-0.39, 0.29) is 22.8 Å². The van der Waals surface area contributed by atoms with Gasteiger partial charge in [0.25, 0.3) is 11.5 Å². The Morgan fingerprint density at radius 3 is 2.64 bits per heavy atom. The van der Waals surface area contributed by atoms with Crippen molar-refractivity contribution in [1.29, 1.82) is 0 Å². The summed E-state index contributed by atoms with van der Waals surface area (Å²) >= 11 is 1.45. The molecule has 0 spiro atoms. The van der Waals surface area contributed by atoms with Crippen LogP contribution in [-0.2, 0) is 29.6 Å². The van der Waals surface area contributed by atoms with Gasteiger partial charge in [-0.25, -0.2) is 9.86 Å². The van der Waals surface area contributed by atoms with Crippen LogP contribution in [0.4, 0.5) is 0 Å². The van der Waals surface area contributed by atoms with Gasteiger partial charge in [0.15, 0.2) is 0 Å². The largest absolute Gasteiger partial charge is 0.358 e. The minimum absolute atomic E-state index is 0.204. The van der Waals surface area contributed by atoms with Crippen molar-refractivity contribution in [3.8, 4) is 0 Å². The van der Waals surface area contributed by atoms with Crippen molar-refractivity contribution in [3.05, 3.63) is 61.9 Å². The SMILES string of the molecule is CON(C)C(=O)C1c2c(n(CC(C)C)c(=O)n(C)c2=O)SC1Cc1c(C)[nH]c2ccccc12. The van der Waals surface area contributed by atoms with E-state index in [9.17, 15) is 14.4 Å². The Kier molecular flexibility index (Phi) is 6.28. The van der Waals surface area contributed by atoms with E-state index in [0.717, 1.165) is 26.7 Å². The lowest BCUT2D eigenvalue weighted by Gasteiger charge is -2.23. The lowest BCUT2D eigenvalue weighted by atomic mass is 9.91. The number of aryl methyl sites for hydroxylation is 1. The van der Waals surface area contributed by atoms with E-state index in [0.29, 0.717) is 23.6 Å². The maximum Gasteiger partial charge on any atom is 0.331 e. The Labute approximate surface area is 196 Å². The van der Waals surface area contributed by atoms with Crippen LogP contribution in [0.2, 0.25) is 0 Å². The predicted molar refractivity (Wildman–Crippen MR) is 130 cm³/mol. The third-order valence-corrected chi connectivity index (χ3v) is 7.71. The van der Waals surface area contributed by atoms with Crippen molar-refractivity contribution in [2.24, 2.45) is 13.0 Å². The van der Waals surface area contributed by atoms with Crippen LogP contribution in [0.5, 0.6) is 0 Å². The minimum atomic E-state index is -0.722. The summed E-state index contributed by atoms with van der Waals surface area (Å²) in [6, 6.07) is 8.07. The van der Waals surface area contributed by atoms with Gasteiger partial charge in [-0.15, -0.1) is 11.8 Å². The van der Waals surface area contributed by atoms with Crippen LogP contribution < -0.4 is 11.2 Å². The Morgan fingerprint density at radius 1 is 1.27 bits per heavy atom. The molecule has 1 N–H and O–H groups in total. The van der Waals surface area contributed by atoms with Crippen molar-refractivity contribution < 1.29 is 9.63 Å². The monoisotopic (exact) mass is 470 g/mol. The van der Waals surface area contributed by atoms with E-state index in [1.807, 2.05) is 39.0 Å². The zero-order valence-corrected chi connectivity index (χ0v) is 20.7. The third kappa shape index (κ3) is 3.93. The molecule has 9 heteroatoms. The second-order valence-electron chi connectivity index (χ2n) is 9.00. The van der Waals surface area contributed by atoms with Gasteiger partial charge in [0.2, 0.25) is 0 Å². The molecule has 3 aromatic rings. The topological polar surface area (TPSA) is 89.3 Å². The lowest BCUT2D eigenvalue weighted by Crippen LogP contribution is -2.43. The smallest absolute Gasteiger partial charge is 0.331 e. The van der Waals surface area contributed by atoms with Gasteiger partial charge in [0.05, 0.1) is 23.6 Å². The van der Waals surface area contributed by atoms with Crippen LogP contribution >= 0.6 is 11.8 Å². The molecule has 8 nitrogen and oxygen atoms in total. The molecule has 1 aliphatic heterocycles. The maximum absolute atomic E-state index is 13.5. The number of benzene rings is 1. The van der Waals surface area contributed by atoms with Crippen molar-refractivity contribution in [1.82, 2.24) is 19.2 Å². The van der Waals surface area contributed by atoms with Gasteiger partial charge in [-0.1, -0.05) is 32.0 Å². The number of para-hydroxylation sites is 1. The summed E-state index contributed by atoms with van der Waals surface area (Å²) in [6.45, 7) is 6.55. The van der Waals surface area contributed by atoms with Crippen molar-refractivity contribution in [3.63, 3.8) is 0 Å². The number of H-pyrrole nitrogens is 1. The molecule has 33 heavy (non-hydrogen) atoms. The number of hydrogen-bond acceptors (Lipinski definition) is 5. The van der Waals surface area contributed by atoms with Crippen LogP contribution in [0.15, 0.2) is 38.9 Å². The van der Waals surface area contributed by atoms with Crippen molar-refractivity contribution in [2.75, 3.05) is 14.2 Å². The van der Waals surface area contributed by atoms with Gasteiger partial charge in [-0.3, -0.25) is 23.6 Å². The van der Waals surface area contributed by atoms with Crippen molar-refractivity contribution in [2.45, 2.75) is 49.9 Å². The van der Waals surface area contributed by atoms with Gasteiger partial charge in [0, 0.05) is 42.5 Å². The molecule has 1 amide bonds. The fourth-order valence-electron chi connectivity index (χ4n) is 4.62. The quantitative estimate of drug-likeness (QED) is 0.442. The third-order valence-electron chi connectivity index (χ3n) is 6.30. The normalized spacial score (nSPS) is 17.7. The van der Waals surface area contributed by atoms with Gasteiger partial charge in [0.1, 0.15) is 0 Å². The summed E-state index contributed by atoms with van der Waals surface area (Å²) in [5.74, 6) is -0.811. The van der Waals surface area contributed by atoms with Crippen molar-refractivity contribution >= 4 is 28.6 Å². The average molecular weight is 471 g/mol. The van der Waals surface area contributed by atoms with E-state index < -0.39 is 11.5 Å². The number of thioether (sulfide) groups is 1. The first-order chi connectivity index (χ1) is 15.6. The molecule has 1 aliphatic rings. The number of nitrogens with one attached hydrogen (secondary N) is 1. The highest BCUT2D eigenvalue weighted by atomic mass is 32.2. The standard InChI is InChI=1S/C24H30N4O4S/c1-13(2)12-28-23-20(21(29)26(4)24(28)31)19(22(30)27(5)32-6)18(33-23)11-16-14(3)25-17-10-8-7-9-15(16)17/h7-10,13,18-19,25H,11-12H2,1-6H3. The highest BCUT2D eigenvalue weighted by Gasteiger charge is 2.45. The van der Waals surface area contributed by atoms with Gasteiger partial charge < -0.3 is 4.98 Å². The number of aromatic nitrogens is 3. The maximum atomic E-state index is 13.5. The Morgan fingerprint density at radius 2 is 1.97 bits per heavy atom. The highest BCUT2D eigenvalue weighted by molar-refractivity contribution is 8.00. The van der Waals surface area contributed by atoms with Gasteiger partial charge in [-0.05, 0) is 30.9 Å². The number of carbonyl (C=O) groups is 1. The van der Waals surface area contributed by atoms with E-state index >= 15 is 0 Å². The molecule has 1 aromatic carbocycles. The molecule has 0 bridgehead atoms. The highest BCUT2D eigenvalue weighted by Crippen LogP contribution is 2.46. The Hall–Kier alpha value is -2.78. The molecule has 4 rings (SSSR count). The number of nitrogens with zero attached hydrogens (tertiary/aromatic N) is 3. The summed E-state index contributed by atoms with van der Waals surface area (Å²) < 4.78 is 2.77. The first-order valence-electron chi connectivity index (χ1n) is 11.0. The van der Waals surface area contributed by atoms with E-state index in [1.165, 1.54) is 31.0 Å². The average Bonchev–Trinajstić information content (AvgIpc) is 3.32. The Balaban J connectivity index is 1.89. The molecule has 0 saturated heterocycles. The van der Waals surface area contributed by atoms with Gasteiger partial charge >= 0.3 is 5.69 Å². The fraction of sp³-hybridized carbons (Fsp3) is 0.458. The Bertz CT molecular complexity index is 1340.